The first kappa shape index (κ1) is 64.3. The Morgan fingerprint density at radius 3 is 1.20 bits per heavy atom. The predicted octanol–water partition coefficient (Wildman–Crippen LogP) is 10.3. The first-order valence-electron chi connectivity index (χ1n) is 34.4. The molecule has 2 aromatic heterocycles. The highest BCUT2D eigenvalue weighted by Crippen LogP contribution is 2.46. The van der Waals surface area contributed by atoms with Crippen LogP contribution in [0.1, 0.15) is 132 Å². The van der Waals surface area contributed by atoms with Crippen molar-refractivity contribution in [3.8, 4) is 11.5 Å². The average molecular weight is 1280 g/mol. The number of carbonyl (C=O) groups excluding carboxylic acids is 4. The Kier molecular flexibility index (Phi) is 19.6. The first-order chi connectivity index (χ1) is 45.8. The van der Waals surface area contributed by atoms with E-state index in [1.165, 1.54) is 0 Å². The van der Waals surface area contributed by atoms with Crippen molar-refractivity contribution in [2.45, 2.75) is 115 Å². The molecule has 0 atom stereocenters. The summed E-state index contributed by atoms with van der Waals surface area (Å²) in [6, 6.07) is 28.3. The van der Waals surface area contributed by atoms with Gasteiger partial charge in [0.25, 0.3) is 23.6 Å². The Balaban J connectivity index is 0.000000171. The van der Waals surface area contributed by atoms with Crippen LogP contribution < -0.4 is 39.7 Å². The van der Waals surface area contributed by atoms with Crippen LogP contribution in [0.25, 0.3) is 0 Å². The highest BCUT2D eigenvalue weighted by atomic mass is 16.5. The number of hydrogen-bond acceptors (Lipinski definition) is 18. The van der Waals surface area contributed by atoms with Gasteiger partial charge in [-0.2, -0.15) is 9.97 Å². The number of likely N-dealkylation sites (tertiary alicyclic amines) is 2. The maximum atomic E-state index is 13.6. The van der Waals surface area contributed by atoms with Gasteiger partial charge in [0.15, 0.2) is 11.6 Å². The van der Waals surface area contributed by atoms with Crippen LogP contribution in [0.2, 0.25) is 0 Å². The second kappa shape index (κ2) is 28.6. The summed E-state index contributed by atoms with van der Waals surface area (Å²) in [5, 5.41) is 6.74. The number of nitrogens with one attached hydrogen (secondary N) is 2. The van der Waals surface area contributed by atoms with Crippen LogP contribution in [0.5, 0.6) is 11.5 Å². The van der Waals surface area contributed by atoms with Crippen LogP contribution in [0.3, 0.4) is 0 Å². The molecule has 0 radical (unpaired) electrons. The fourth-order valence-electron chi connectivity index (χ4n) is 15.2. The zero-order chi connectivity index (χ0) is 65.0. The van der Waals surface area contributed by atoms with E-state index in [1.54, 1.807) is 36.3 Å². The minimum atomic E-state index is -0.0749. The third-order valence-electron chi connectivity index (χ3n) is 20.6. The molecule has 2 saturated carbocycles. The van der Waals surface area contributed by atoms with E-state index in [-0.39, 0.29) is 35.7 Å². The molecule has 0 unspecified atom stereocenters. The molecule has 22 heteroatoms. The summed E-state index contributed by atoms with van der Waals surface area (Å²) in [4.78, 5) is 95.4. The van der Waals surface area contributed by atoms with Gasteiger partial charge in [-0.1, -0.05) is 49.9 Å². The van der Waals surface area contributed by atoms with E-state index in [4.69, 9.17) is 19.4 Å². The molecule has 4 amide bonds. The van der Waals surface area contributed by atoms with Crippen LogP contribution in [0.15, 0.2) is 97.3 Å². The number of piperazine rings is 2. The summed E-state index contributed by atoms with van der Waals surface area (Å²) in [7, 11) is 7.93. The average Bonchev–Trinajstić information content (AvgIpc) is 1.60. The molecular formula is C72H92N16O6. The number of benzene rings is 4. The predicted molar refractivity (Wildman–Crippen MR) is 369 cm³/mol. The maximum absolute atomic E-state index is 13.6. The van der Waals surface area contributed by atoms with Crippen molar-refractivity contribution in [3.63, 3.8) is 0 Å². The minimum Gasteiger partial charge on any atom is -0.492 e. The highest BCUT2D eigenvalue weighted by Gasteiger charge is 2.39. The molecular weight excluding hydrogens is 1180 g/mol. The second-order valence-corrected chi connectivity index (χ2v) is 26.4. The van der Waals surface area contributed by atoms with Crippen molar-refractivity contribution in [1.29, 1.82) is 0 Å². The summed E-state index contributed by atoms with van der Waals surface area (Å²) >= 11 is 0. The van der Waals surface area contributed by atoms with Crippen LogP contribution in [0, 0.1) is 0 Å². The quantitative estimate of drug-likeness (QED) is 0.104. The van der Waals surface area contributed by atoms with Gasteiger partial charge >= 0.3 is 0 Å². The molecule has 496 valence electrons. The van der Waals surface area contributed by atoms with Crippen LogP contribution in [0.4, 0.5) is 57.7 Å². The molecule has 6 aliphatic heterocycles. The number of rotatable bonds is 14. The van der Waals surface area contributed by atoms with Crippen molar-refractivity contribution in [2.24, 2.45) is 0 Å². The van der Waals surface area contributed by atoms with Gasteiger partial charge < -0.3 is 59.3 Å². The molecule has 0 bridgehead atoms. The summed E-state index contributed by atoms with van der Waals surface area (Å²) in [6.45, 7) is 16.7. The maximum Gasteiger partial charge on any atom is 0.260 e. The van der Waals surface area contributed by atoms with E-state index < -0.39 is 0 Å². The fraction of sp³-hybridized carbons (Fsp3) is 0.500. The number of amides is 4. The van der Waals surface area contributed by atoms with Gasteiger partial charge in [-0.25, -0.2) is 9.97 Å². The van der Waals surface area contributed by atoms with Crippen molar-refractivity contribution in [2.75, 3.05) is 150 Å². The molecule has 14 rings (SSSR count). The molecule has 2 aliphatic carbocycles. The third-order valence-corrected chi connectivity index (χ3v) is 20.6. The van der Waals surface area contributed by atoms with Crippen LogP contribution >= 0.6 is 0 Å². The number of aromatic nitrogens is 4. The van der Waals surface area contributed by atoms with Crippen molar-refractivity contribution < 1.29 is 28.7 Å². The normalized spacial score (nSPS) is 19.8. The number of anilines is 10. The lowest BCUT2D eigenvalue weighted by Crippen LogP contribution is -2.52. The van der Waals surface area contributed by atoms with Gasteiger partial charge in [0, 0.05) is 128 Å². The summed E-state index contributed by atoms with van der Waals surface area (Å²) in [5.74, 6) is 3.30. The molecule has 6 fully saturated rings. The van der Waals surface area contributed by atoms with Crippen molar-refractivity contribution in [1.82, 2.24) is 49.3 Å². The standard InChI is InChI=1S/2C36H46N8O3/c2*1-4-47-32-23-25(34(45)43-17-15-26(16-18-43)42-21-19-40(2)20-22-42)13-14-29(32)38-36-37-24-31-33(39-36)44(27-9-5-6-10-27)30-12-8-7-11-28(30)35(46)41(31)3/h2*7-8,11-14,23-24,26-27H,4-6,9-10,15-22H2,1-3H3,(H,37,38,39). The van der Waals surface area contributed by atoms with Crippen LogP contribution in [-0.2, 0) is 0 Å². The SMILES string of the molecule is CCOc1cc(C(=O)N2CCC(N3CCN(C)CC3)CC2)ccc1Nc1ncc2c(n1)N(C1CCCC1)c1ccccc1C(=O)N2C.CCOc1cc(C(=O)N2CCC(N3CCN(C)CC3)CC2)ccc1Nc1ncc2c(n1)N(C1CCCC1)c1ccccc1C(=O)N2C. The lowest BCUT2D eigenvalue weighted by Gasteiger charge is -2.42. The largest absolute Gasteiger partial charge is 0.492 e. The van der Waals surface area contributed by atoms with E-state index in [2.05, 4.69) is 64.1 Å². The van der Waals surface area contributed by atoms with Crippen molar-refractivity contribution in [3.05, 3.63) is 120 Å². The molecule has 94 heavy (non-hydrogen) atoms. The van der Waals surface area contributed by atoms with Gasteiger partial charge in [-0.3, -0.25) is 29.0 Å². The van der Waals surface area contributed by atoms with Crippen molar-refractivity contribution >= 4 is 81.3 Å². The Morgan fingerprint density at radius 2 is 0.830 bits per heavy atom. The van der Waals surface area contributed by atoms with E-state index in [1.807, 2.05) is 109 Å². The van der Waals surface area contributed by atoms with Gasteiger partial charge in [-0.15, -0.1) is 0 Å². The molecule has 22 nitrogen and oxygen atoms in total. The Labute approximate surface area is 553 Å². The third kappa shape index (κ3) is 13.5. The molecule has 8 heterocycles. The smallest absolute Gasteiger partial charge is 0.260 e. The Bertz CT molecular complexity index is 3460. The number of hydrogen-bond donors (Lipinski definition) is 2. The fourth-order valence-corrected chi connectivity index (χ4v) is 15.2. The molecule has 8 aliphatic rings. The summed E-state index contributed by atoms with van der Waals surface area (Å²) in [5.41, 5.74) is 7.03. The zero-order valence-corrected chi connectivity index (χ0v) is 55.6. The lowest BCUT2D eigenvalue weighted by molar-refractivity contribution is 0.0513. The number of piperidine rings is 2. The topological polar surface area (TPSA) is 195 Å². The Morgan fingerprint density at radius 1 is 0.457 bits per heavy atom. The monoisotopic (exact) mass is 1280 g/mol. The van der Waals surface area contributed by atoms with E-state index in [9.17, 15) is 19.2 Å². The number of carbonyl (C=O) groups is 4. The number of ether oxygens (including phenoxy) is 2. The Hall–Kier alpha value is -8.44. The minimum absolute atomic E-state index is 0.0363. The highest BCUT2D eigenvalue weighted by molar-refractivity contribution is 6.14. The van der Waals surface area contributed by atoms with E-state index in [0.717, 1.165) is 167 Å². The molecule has 2 N–H and O–H groups in total. The summed E-state index contributed by atoms with van der Waals surface area (Å²) in [6.07, 6.45) is 16.2. The summed E-state index contributed by atoms with van der Waals surface area (Å²) < 4.78 is 12.1. The van der Waals surface area contributed by atoms with Gasteiger partial charge in [0.1, 0.15) is 22.9 Å². The lowest BCUT2D eigenvalue weighted by atomic mass is 10.0. The number of likely N-dealkylation sites (N-methyl/N-ethyl adjacent to an activating group) is 2. The molecule has 6 aromatic rings. The number of nitrogens with zero attached hydrogens (tertiary/aromatic N) is 14. The van der Waals surface area contributed by atoms with E-state index >= 15 is 0 Å². The van der Waals surface area contributed by atoms with Crippen LogP contribution in [-0.4, -0.2) is 217 Å². The first-order valence-corrected chi connectivity index (χ1v) is 34.4. The van der Waals surface area contributed by atoms with Gasteiger partial charge in [-0.05, 0) is 140 Å². The second-order valence-electron chi connectivity index (χ2n) is 26.4. The number of fused-ring (bicyclic) bond motifs is 4. The molecule has 4 aromatic carbocycles. The van der Waals surface area contributed by atoms with Gasteiger partial charge in [0.05, 0.1) is 59.5 Å². The van der Waals surface area contributed by atoms with Gasteiger partial charge in [0.2, 0.25) is 11.9 Å². The number of para-hydroxylation sites is 2. The molecule has 0 spiro atoms. The molecule has 4 saturated heterocycles. The zero-order valence-electron chi connectivity index (χ0n) is 55.6. The van der Waals surface area contributed by atoms with E-state index in [0.29, 0.717) is 105 Å².